The minimum atomic E-state index is -0.863. The first-order valence-corrected chi connectivity index (χ1v) is 7.44. The van der Waals surface area contributed by atoms with E-state index in [0.29, 0.717) is 19.4 Å². The zero-order chi connectivity index (χ0) is 14.5. The molecule has 1 amide bonds. The number of nitrogens with zero attached hydrogens (tertiary/aromatic N) is 1. The third-order valence-corrected chi connectivity index (χ3v) is 4.44. The van der Waals surface area contributed by atoms with Gasteiger partial charge in [-0.1, -0.05) is 31.1 Å². The van der Waals surface area contributed by atoms with E-state index in [1.807, 2.05) is 17.1 Å². The molecule has 110 valence electrons. The van der Waals surface area contributed by atoms with Gasteiger partial charge in [-0.05, 0) is 25.7 Å². The molecule has 0 aliphatic heterocycles. The predicted octanol–water partition coefficient (Wildman–Crippen LogP) is 2.61. The molecule has 1 fully saturated rings. The van der Waals surface area contributed by atoms with Crippen molar-refractivity contribution in [2.45, 2.75) is 44.6 Å². The molecule has 2 aliphatic carbocycles. The number of carboxylic acid groups (broad SMARTS) is 1. The number of hydrogen-bond donors (Lipinski definition) is 1. The second-order valence-electron chi connectivity index (χ2n) is 5.71. The number of carbonyl (C=O) groups is 2. The monoisotopic (exact) mass is 277 g/mol. The molecule has 4 nitrogen and oxygen atoms in total. The van der Waals surface area contributed by atoms with Crippen molar-refractivity contribution in [1.82, 2.24) is 4.90 Å². The van der Waals surface area contributed by atoms with E-state index in [-0.39, 0.29) is 11.9 Å². The zero-order valence-electron chi connectivity index (χ0n) is 11.8. The fraction of sp³-hybridized carbons (Fsp3) is 0.625. The highest BCUT2D eigenvalue weighted by Crippen LogP contribution is 2.31. The number of carbonyl (C=O) groups excluding carboxylic acids is 1. The van der Waals surface area contributed by atoms with Gasteiger partial charge in [-0.15, -0.1) is 6.58 Å². The maximum atomic E-state index is 12.8. The summed E-state index contributed by atoms with van der Waals surface area (Å²) in [6.45, 7) is 4.25. The molecule has 0 spiro atoms. The maximum Gasteiger partial charge on any atom is 0.307 e. The van der Waals surface area contributed by atoms with Crippen LogP contribution in [0.1, 0.15) is 38.5 Å². The van der Waals surface area contributed by atoms with Crippen LogP contribution in [0, 0.1) is 11.8 Å². The van der Waals surface area contributed by atoms with Crippen molar-refractivity contribution in [3.05, 3.63) is 24.8 Å². The summed E-state index contributed by atoms with van der Waals surface area (Å²) in [5.74, 6) is -1.87. The van der Waals surface area contributed by atoms with Gasteiger partial charge in [0.25, 0.3) is 0 Å². The lowest BCUT2D eigenvalue weighted by molar-refractivity contribution is -0.151. The van der Waals surface area contributed by atoms with Gasteiger partial charge in [0, 0.05) is 12.6 Å². The topological polar surface area (TPSA) is 57.6 Å². The normalized spacial score (nSPS) is 26.4. The van der Waals surface area contributed by atoms with Crippen LogP contribution in [0.15, 0.2) is 24.8 Å². The molecule has 0 heterocycles. The lowest BCUT2D eigenvalue weighted by atomic mass is 9.81. The third kappa shape index (κ3) is 3.11. The van der Waals surface area contributed by atoms with Crippen LogP contribution in [0.5, 0.6) is 0 Å². The molecule has 2 aliphatic rings. The molecule has 0 aromatic heterocycles. The molecule has 0 bridgehead atoms. The van der Waals surface area contributed by atoms with E-state index in [4.69, 9.17) is 0 Å². The zero-order valence-corrected chi connectivity index (χ0v) is 11.8. The molecule has 4 heteroatoms. The van der Waals surface area contributed by atoms with E-state index in [1.165, 1.54) is 0 Å². The molecule has 1 N–H and O–H groups in total. The van der Waals surface area contributed by atoms with Gasteiger partial charge in [-0.3, -0.25) is 9.59 Å². The first kappa shape index (κ1) is 14.8. The van der Waals surface area contributed by atoms with Crippen LogP contribution in [0.3, 0.4) is 0 Å². The van der Waals surface area contributed by atoms with Crippen LogP contribution < -0.4 is 0 Å². The summed E-state index contributed by atoms with van der Waals surface area (Å²) in [5, 5.41) is 9.31. The van der Waals surface area contributed by atoms with Crippen LogP contribution >= 0.6 is 0 Å². The molecule has 0 radical (unpaired) electrons. The Kier molecular flexibility index (Phi) is 4.99. The van der Waals surface area contributed by atoms with Gasteiger partial charge in [0.05, 0.1) is 11.8 Å². The summed E-state index contributed by atoms with van der Waals surface area (Å²) in [7, 11) is 0. The fourth-order valence-electron chi connectivity index (χ4n) is 3.35. The van der Waals surface area contributed by atoms with E-state index in [9.17, 15) is 14.7 Å². The molecular formula is C16H23NO3. The van der Waals surface area contributed by atoms with E-state index < -0.39 is 17.8 Å². The number of aliphatic carboxylic acids is 1. The van der Waals surface area contributed by atoms with Gasteiger partial charge in [0.15, 0.2) is 0 Å². The molecule has 2 atom stereocenters. The quantitative estimate of drug-likeness (QED) is 0.786. The highest BCUT2D eigenvalue weighted by atomic mass is 16.4. The number of amides is 1. The van der Waals surface area contributed by atoms with E-state index in [2.05, 4.69) is 6.58 Å². The standard InChI is InChI=1S/C16H23NO3/c1-2-11-17(12-7-3-4-8-12)15(18)13-9-5-6-10-14(13)16(19)20/h2,5-6,12-14H,1,3-4,7-11H2,(H,19,20). The second-order valence-corrected chi connectivity index (χ2v) is 5.71. The van der Waals surface area contributed by atoms with Crippen molar-refractivity contribution in [1.29, 1.82) is 0 Å². The van der Waals surface area contributed by atoms with Crippen LogP contribution in [0.2, 0.25) is 0 Å². The average Bonchev–Trinajstić information content (AvgIpc) is 2.98. The number of carboxylic acids is 1. The second kappa shape index (κ2) is 6.73. The van der Waals surface area contributed by atoms with Crippen LogP contribution in [-0.4, -0.2) is 34.5 Å². The fourth-order valence-corrected chi connectivity index (χ4v) is 3.35. The van der Waals surface area contributed by atoms with Gasteiger partial charge in [-0.25, -0.2) is 0 Å². The summed E-state index contributed by atoms with van der Waals surface area (Å²) in [6.07, 6.45) is 10.9. The van der Waals surface area contributed by atoms with Crippen molar-refractivity contribution in [3.8, 4) is 0 Å². The van der Waals surface area contributed by atoms with Crippen LogP contribution in [0.25, 0.3) is 0 Å². The number of allylic oxidation sites excluding steroid dienone is 2. The predicted molar refractivity (Wildman–Crippen MR) is 77.2 cm³/mol. The molecule has 2 rings (SSSR count). The Morgan fingerprint density at radius 2 is 1.80 bits per heavy atom. The van der Waals surface area contributed by atoms with Gasteiger partial charge < -0.3 is 10.0 Å². The van der Waals surface area contributed by atoms with E-state index >= 15 is 0 Å². The Balaban J connectivity index is 2.14. The first-order valence-electron chi connectivity index (χ1n) is 7.44. The van der Waals surface area contributed by atoms with E-state index in [1.54, 1.807) is 6.08 Å². The summed E-state index contributed by atoms with van der Waals surface area (Å²) >= 11 is 0. The smallest absolute Gasteiger partial charge is 0.307 e. The van der Waals surface area contributed by atoms with Crippen molar-refractivity contribution in [3.63, 3.8) is 0 Å². The highest BCUT2D eigenvalue weighted by Gasteiger charge is 2.38. The molecule has 0 aromatic carbocycles. The lowest BCUT2D eigenvalue weighted by Crippen LogP contribution is -2.46. The summed E-state index contributed by atoms with van der Waals surface area (Å²) in [6, 6.07) is 0.265. The van der Waals surface area contributed by atoms with Crippen LogP contribution in [0.4, 0.5) is 0 Å². The SMILES string of the molecule is C=CCN(C(=O)C1CC=CCC1C(=O)O)C1CCCC1. The van der Waals surface area contributed by atoms with Crippen molar-refractivity contribution < 1.29 is 14.7 Å². The van der Waals surface area contributed by atoms with Crippen molar-refractivity contribution in [2.75, 3.05) is 6.54 Å². The van der Waals surface area contributed by atoms with Gasteiger partial charge in [0.2, 0.25) is 5.91 Å². The highest BCUT2D eigenvalue weighted by molar-refractivity contribution is 5.85. The molecule has 0 saturated heterocycles. The first-order chi connectivity index (χ1) is 9.65. The number of hydrogen-bond acceptors (Lipinski definition) is 2. The molecule has 2 unspecified atom stereocenters. The summed E-state index contributed by atoms with van der Waals surface area (Å²) < 4.78 is 0. The largest absolute Gasteiger partial charge is 0.481 e. The Morgan fingerprint density at radius 3 is 2.35 bits per heavy atom. The summed E-state index contributed by atoms with van der Waals surface area (Å²) in [4.78, 5) is 26.0. The van der Waals surface area contributed by atoms with Crippen LogP contribution in [-0.2, 0) is 9.59 Å². The Morgan fingerprint density at radius 1 is 1.20 bits per heavy atom. The minimum Gasteiger partial charge on any atom is -0.481 e. The Hall–Kier alpha value is -1.58. The Labute approximate surface area is 120 Å². The molecule has 20 heavy (non-hydrogen) atoms. The van der Waals surface area contributed by atoms with E-state index in [0.717, 1.165) is 25.7 Å². The average molecular weight is 277 g/mol. The van der Waals surface area contributed by atoms with Crippen molar-refractivity contribution in [2.24, 2.45) is 11.8 Å². The molecule has 1 saturated carbocycles. The van der Waals surface area contributed by atoms with Gasteiger partial charge in [0.1, 0.15) is 0 Å². The van der Waals surface area contributed by atoms with Gasteiger partial charge in [-0.2, -0.15) is 0 Å². The third-order valence-electron chi connectivity index (χ3n) is 4.44. The summed E-state index contributed by atoms with van der Waals surface area (Å²) in [5.41, 5.74) is 0. The molecule has 0 aromatic rings. The lowest BCUT2D eigenvalue weighted by Gasteiger charge is -2.34. The maximum absolute atomic E-state index is 12.8. The Bertz CT molecular complexity index is 410. The molecular weight excluding hydrogens is 254 g/mol. The number of rotatable bonds is 5. The van der Waals surface area contributed by atoms with Gasteiger partial charge >= 0.3 is 5.97 Å². The minimum absolute atomic E-state index is 0.00597. The van der Waals surface area contributed by atoms with Crippen molar-refractivity contribution >= 4 is 11.9 Å².